The molecule has 0 aliphatic carbocycles. The summed E-state index contributed by atoms with van der Waals surface area (Å²) in [4.78, 5) is 15.5. The molecular formula is C11H17N3O3. The zero-order valence-corrected chi connectivity index (χ0v) is 9.81. The van der Waals surface area contributed by atoms with E-state index in [4.69, 9.17) is 15.2 Å². The minimum absolute atomic E-state index is 0.0301. The van der Waals surface area contributed by atoms with Crippen molar-refractivity contribution in [2.45, 2.75) is 6.92 Å². The van der Waals surface area contributed by atoms with Crippen LogP contribution in [0, 0.1) is 0 Å². The van der Waals surface area contributed by atoms with E-state index in [1.165, 1.54) is 0 Å². The van der Waals surface area contributed by atoms with E-state index in [0.717, 1.165) is 0 Å². The van der Waals surface area contributed by atoms with Crippen molar-refractivity contribution < 1.29 is 14.3 Å². The fourth-order valence-electron chi connectivity index (χ4n) is 1.17. The largest absolute Gasteiger partial charge is 0.476 e. The molecule has 6 heteroatoms. The highest BCUT2D eigenvalue weighted by Gasteiger charge is 2.08. The Labute approximate surface area is 100 Å². The first-order chi connectivity index (χ1) is 8.27. The highest BCUT2D eigenvalue weighted by atomic mass is 16.5. The molecule has 1 aromatic rings. The number of pyridine rings is 1. The van der Waals surface area contributed by atoms with Gasteiger partial charge in [-0.3, -0.25) is 4.79 Å². The first-order valence-corrected chi connectivity index (χ1v) is 5.43. The molecule has 1 rings (SSSR count). The Kier molecular flexibility index (Phi) is 5.98. The second kappa shape index (κ2) is 7.59. The predicted octanol–water partition coefficient (Wildman–Crippen LogP) is 0.394. The van der Waals surface area contributed by atoms with Gasteiger partial charge >= 0.3 is 0 Å². The Morgan fingerprint density at radius 3 is 3.12 bits per heavy atom. The van der Waals surface area contributed by atoms with E-state index in [-0.39, 0.29) is 12.5 Å². The summed E-state index contributed by atoms with van der Waals surface area (Å²) in [5.74, 6) is 0.148. The van der Waals surface area contributed by atoms with Crippen molar-refractivity contribution in [1.29, 1.82) is 0 Å². The Bertz CT molecular complexity index is 358. The molecule has 0 atom stereocenters. The lowest BCUT2D eigenvalue weighted by molar-refractivity contribution is -0.120. The van der Waals surface area contributed by atoms with Gasteiger partial charge in [-0.15, -0.1) is 0 Å². The van der Waals surface area contributed by atoms with E-state index < -0.39 is 0 Å². The summed E-state index contributed by atoms with van der Waals surface area (Å²) in [6.07, 6.45) is 1.60. The highest BCUT2D eigenvalue weighted by molar-refractivity contribution is 5.92. The molecule has 0 fully saturated rings. The van der Waals surface area contributed by atoms with Gasteiger partial charge in [0, 0.05) is 12.7 Å². The lowest BCUT2D eigenvalue weighted by Gasteiger charge is -2.09. The maximum absolute atomic E-state index is 11.5. The topological polar surface area (TPSA) is 86.5 Å². The lowest BCUT2D eigenvalue weighted by Crippen LogP contribution is -2.21. The number of nitrogens with zero attached hydrogens (tertiary/aromatic N) is 1. The third-order valence-electron chi connectivity index (χ3n) is 1.82. The third kappa shape index (κ3) is 4.80. The standard InChI is InChI=1S/C11H17N3O3/c1-2-17-11-9(4-3-6-13-11)14-10(15)8-16-7-5-12/h3-4,6H,2,5,7-8,12H2,1H3,(H,14,15). The van der Waals surface area contributed by atoms with Crippen LogP contribution in [0.4, 0.5) is 5.69 Å². The fourth-order valence-corrected chi connectivity index (χ4v) is 1.17. The minimum Gasteiger partial charge on any atom is -0.476 e. The van der Waals surface area contributed by atoms with Gasteiger partial charge in [-0.2, -0.15) is 0 Å². The molecule has 94 valence electrons. The monoisotopic (exact) mass is 239 g/mol. The van der Waals surface area contributed by atoms with Gasteiger partial charge < -0.3 is 20.5 Å². The van der Waals surface area contributed by atoms with Crippen molar-refractivity contribution >= 4 is 11.6 Å². The lowest BCUT2D eigenvalue weighted by atomic mass is 10.4. The summed E-state index contributed by atoms with van der Waals surface area (Å²) in [6, 6.07) is 3.44. The average Bonchev–Trinajstić information content (AvgIpc) is 2.32. The van der Waals surface area contributed by atoms with E-state index in [2.05, 4.69) is 10.3 Å². The van der Waals surface area contributed by atoms with E-state index >= 15 is 0 Å². The Morgan fingerprint density at radius 2 is 2.41 bits per heavy atom. The first-order valence-electron chi connectivity index (χ1n) is 5.43. The van der Waals surface area contributed by atoms with Crippen LogP contribution in [0.25, 0.3) is 0 Å². The van der Waals surface area contributed by atoms with Gasteiger partial charge in [-0.1, -0.05) is 0 Å². The molecule has 0 bridgehead atoms. The highest BCUT2D eigenvalue weighted by Crippen LogP contribution is 2.20. The van der Waals surface area contributed by atoms with Crippen LogP contribution >= 0.6 is 0 Å². The zero-order chi connectivity index (χ0) is 12.5. The molecule has 1 heterocycles. The molecule has 17 heavy (non-hydrogen) atoms. The van der Waals surface area contributed by atoms with Gasteiger partial charge in [0.15, 0.2) is 0 Å². The molecule has 0 saturated heterocycles. The molecule has 1 aromatic heterocycles. The third-order valence-corrected chi connectivity index (χ3v) is 1.82. The van der Waals surface area contributed by atoms with Crippen molar-refractivity contribution in [1.82, 2.24) is 4.98 Å². The van der Waals surface area contributed by atoms with Crippen LogP contribution in [0.2, 0.25) is 0 Å². The first kappa shape index (κ1) is 13.4. The summed E-state index contributed by atoms with van der Waals surface area (Å²) >= 11 is 0. The van der Waals surface area contributed by atoms with E-state index in [9.17, 15) is 4.79 Å². The fraction of sp³-hybridized carbons (Fsp3) is 0.455. The van der Waals surface area contributed by atoms with Crippen molar-refractivity contribution in [2.24, 2.45) is 5.73 Å². The van der Waals surface area contributed by atoms with Crippen LogP contribution in [-0.4, -0.2) is 37.3 Å². The number of carbonyl (C=O) groups is 1. The number of hydrogen-bond donors (Lipinski definition) is 2. The number of amides is 1. The molecule has 0 aliphatic rings. The molecule has 0 unspecified atom stereocenters. The minimum atomic E-state index is -0.257. The van der Waals surface area contributed by atoms with E-state index in [0.29, 0.717) is 31.3 Å². The number of nitrogens with one attached hydrogen (secondary N) is 1. The number of hydrogen-bond acceptors (Lipinski definition) is 5. The number of aromatic nitrogens is 1. The second-order valence-corrected chi connectivity index (χ2v) is 3.18. The molecule has 0 aliphatic heterocycles. The maximum Gasteiger partial charge on any atom is 0.250 e. The number of rotatable bonds is 7. The van der Waals surface area contributed by atoms with Gasteiger partial charge in [-0.25, -0.2) is 4.98 Å². The van der Waals surface area contributed by atoms with Gasteiger partial charge in [0.05, 0.1) is 13.2 Å². The number of anilines is 1. The number of carbonyl (C=O) groups excluding carboxylic acids is 1. The van der Waals surface area contributed by atoms with Crippen LogP contribution in [0.3, 0.4) is 0 Å². The Balaban J connectivity index is 2.52. The molecule has 0 saturated carbocycles. The molecule has 0 spiro atoms. The Hall–Kier alpha value is -1.66. The van der Waals surface area contributed by atoms with Crippen molar-refractivity contribution in [2.75, 3.05) is 31.7 Å². The molecule has 0 aromatic carbocycles. The van der Waals surface area contributed by atoms with Crippen molar-refractivity contribution in [3.8, 4) is 5.88 Å². The molecule has 6 nitrogen and oxygen atoms in total. The van der Waals surface area contributed by atoms with Gasteiger partial charge in [-0.05, 0) is 19.1 Å². The van der Waals surface area contributed by atoms with Crippen molar-refractivity contribution in [3.05, 3.63) is 18.3 Å². The normalized spacial score (nSPS) is 10.0. The summed E-state index contributed by atoms with van der Waals surface area (Å²) in [7, 11) is 0. The van der Waals surface area contributed by atoms with Crippen molar-refractivity contribution in [3.63, 3.8) is 0 Å². The van der Waals surface area contributed by atoms with E-state index in [1.54, 1.807) is 18.3 Å². The smallest absolute Gasteiger partial charge is 0.250 e. The van der Waals surface area contributed by atoms with Crippen LogP contribution in [0.1, 0.15) is 6.92 Å². The number of ether oxygens (including phenoxy) is 2. The molecular weight excluding hydrogens is 222 g/mol. The SMILES string of the molecule is CCOc1ncccc1NC(=O)COCCN. The zero-order valence-electron chi connectivity index (χ0n) is 9.81. The van der Waals surface area contributed by atoms with E-state index in [1.807, 2.05) is 6.92 Å². The van der Waals surface area contributed by atoms with Crippen LogP contribution in [-0.2, 0) is 9.53 Å². The molecule has 0 radical (unpaired) electrons. The van der Waals surface area contributed by atoms with Gasteiger partial charge in [0.2, 0.25) is 5.88 Å². The second-order valence-electron chi connectivity index (χ2n) is 3.18. The summed E-state index contributed by atoms with van der Waals surface area (Å²) in [5.41, 5.74) is 5.78. The quantitative estimate of drug-likeness (QED) is 0.672. The summed E-state index contributed by atoms with van der Waals surface area (Å²) in [5, 5.41) is 2.66. The van der Waals surface area contributed by atoms with Gasteiger partial charge in [0.25, 0.3) is 5.91 Å². The summed E-state index contributed by atoms with van der Waals surface area (Å²) < 4.78 is 10.3. The van der Waals surface area contributed by atoms with Crippen LogP contribution in [0.5, 0.6) is 5.88 Å². The molecule has 3 N–H and O–H groups in total. The maximum atomic E-state index is 11.5. The number of nitrogens with two attached hydrogens (primary N) is 1. The van der Waals surface area contributed by atoms with Crippen LogP contribution in [0.15, 0.2) is 18.3 Å². The van der Waals surface area contributed by atoms with Gasteiger partial charge in [0.1, 0.15) is 12.3 Å². The summed E-state index contributed by atoms with van der Waals surface area (Å²) in [6.45, 7) is 3.06. The average molecular weight is 239 g/mol. The van der Waals surface area contributed by atoms with Crippen LogP contribution < -0.4 is 15.8 Å². The molecule has 1 amide bonds. The predicted molar refractivity (Wildman–Crippen MR) is 63.9 cm³/mol. The Morgan fingerprint density at radius 1 is 1.59 bits per heavy atom.